The van der Waals surface area contributed by atoms with E-state index in [0.29, 0.717) is 5.75 Å². The number of fused-ring (bicyclic) bond motifs is 1. The van der Waals surface area contributed by atoms with Gasteiger partial charge in [-0.25, -0.2) is 4.79 Å². The molecule has 3 N–H and O–H groups in total. The fourth-order valence-electron chi connectivity index (χ4n) is 2.81. The summed E-state index contributed by atoms with van der Waals surface area (Å²) in [5.74, 6) is -0.957. The highest BCUT2D eigenvalue weighted by atomic mass is 32.2. The molecule has 5 nitrogen and oxygen atoms in total. The van der Waals surface area contributed by atoms with E-state index in [4.69, 9.17) is 5.73 Å². The first-order chi connectivity index (χ1) is 10.6. The SMILES string of the molecule is NCC(=O)N1[C@@H](c2cccc3ccccc23)SC[C@H]1C(=O)O. The van der Waals surface area contributed by atoms with Gasteiger partial charge in [-0.2, -0.15) is 0 Å². The van der Waals surface area contributed by atoms with Crippen LogP contribution in [0.5, 0.6) is 0 Å². The van der Waals surface area contributed by atoms with Gasteiger partial charge in [0.1, 0.15) is 11.4 Å². The van der Waals surface area contributed by atoms with E-state index in [9.17, 15) is 14.7 Å². The second-order valence-corrected chi connectivity index (χ2v) is 6.23. The molecule has 0 saturated carbocycles. The fourth-order valence-corrected chi connectivity index (χ4v) is 4.29. The second kappa shape index (κ2) is 5.98. The van der Waals surface area contributed by atoms with Crippen molar-refractivity contribution in [1.82, 2.24) is 4.90 Å². The maximum Gasteiger partial charge on any atom is 0.327 e. The van der Waals surface area contributed by atoms with E-state index in [1.807, 2.05) is 42.5 Å². The van der Waals surface area contributed by atoms with Gasteiger partial charge < -0.3 is 15.7 Å². The first kappa shape index (κ1) is 14.9. The first-order valence-electron chi connectivity index (χ1n) is 6.97. The summed E-state index contributed by atoms with van der Waals surface area (Å²) in [7, 11) is 0. The van der Waals surface area contributed by atoms with Crippen molar-refractivity contribution >= 4 is 34.4 Å². The number of carbonyl (C=O) groups is 2. The zero-order valence-electron chi connectivity index (χ0n) is 11.8. The third-order valence-electron chi connectivity index (χ3n) is 3.84. The van der Waals surface area contributed by atoms with Gasteiger partial charge in [0.2, 0.25) is 5.91 Å². The van der Waals surface area contributed by atoms with Gasteiger partial charge in [-0.3, -0.25) is 4.79 Å². The van der Waals surface area contributed by atoms with Gasteiger partial charge in [0.05, 0.1) is 6.54 Å². The molecule has 2 aromatic rings. The number of benzene rings is 2. The number of hydrogen-bond acceptors (Lipinski definition) is 4. The number of nitrogens with two attached hydrogens (primary N) is 1. The number of amides is 1. The van der Waals surface area contributed by atoms with Crippen molar-refractivity contribution in [3.8, 4) is 0 Å². The summed E-state index contributed by atoms with van der Waals surface area (Å²) in [5.41, 5.74) is 6.43. The Morgan fingerprint density at radius 1 is 1.23 bits per heavy atom. The minimum absolute atomic E-state index is 0.189. The number of rotatable bonds is 3. The summed E-state index contributed by atoms with van der Waals surface area (Å²) in [6.45, 7) is -0.189. The molecule has 0 spiro atoms. The van der Waals surface area contributed by atoms with Gasteiger partial charge in [-0.1, -0.05) is 42.5 Å². The van der Waals surface area contributed by atoms with Crippen molar-refractivity contribution in [2.45, 2.75) is 11.4 Å². The molecular formula is C16H16N2O3S. The molecule has 0 aromatic heterocycles. The van der Waals surface area contributed by atoms with Crippen LogP contribution in [0.15, 0.2) is 42.5 Å². The Morgan fingerprint density at radius 2 is 1.95 bits per heavy atom. The van der Waals surface area contributed by atoms with E-state index < -0.39 is 12.0 Å². The van der Waals surface area contributed by atoms with E-state index in [1.165, 1.54) is 16.7 Å². The molecule has 114 valence electrons. The number of nitrogens with zero attached hydrogens (tertiary/aromatic N) is 1. The van der Waals surface area contributed by atoms with Crippen molar-refractivity contribution in [3.63, 3.8) is 0 Å². The molecule has 0 bridgehead atoms. The fraction of sp³-hybridized carbons (Fsp3) is 0.250. The first-order valence-corrected chi connectivity index (χ1v) is 8.01. The monoisotopic (exact) mass is 316 g/mol. The van der Waals surface area contributed by atoms with Crippen LogP contribution in [-0.2, 0) is 9.59 Å². The molecule has 3 rings (SSSR count). The van der Waals surface area contributed by atoms with Crippen LogP contribution in [0.4, 0.5) is 0 Å². The summed E-state index contributed by atoms with van der Waals surface area (Å²) < 4.78 is 0. The van der Waals surface area contributed by atoms with Crippen LogP contribution in [0.1, 0.15) is 10.9 Å². The van der Waals surface area contributed by atoms with E-state index in [1.54, 1.807) is 0 Å². The minimum Gasteiger partial charge on any atom is -0.480 e. The Kier molecular flexibility index (Phi) is 4.04. The third kappa shape index (κ3) is 2.44. The van der Waals surface area contributed by atoms with Gasteiger partial charge in [-0.05, 0) is 16.3 Å². The molecule has 1 saturated heterocycles. The quantitative estimate of drug-likeness (QED) is 0.902. The molecule has 0 radical (unpaired) electrons. The summed E-state index contributed by atoms with van der Waals surface area (Å²) in [6, 6.07) is 12.9. The minimum atomic E-state index is -0.989. The number of carboxylic acid groups (broad SMARTS) is 1. The third-order valence-corrected chi connectivity index (χ3v) is 5.14. The molecule has 6 heteroatoms. The van der Waals surface area contributed by atoms with E-state index in [-0.39, 0.29) is 17.8 Å². The Labute approximate surface area is 132 Å². The van der Waals surface area contributed by atoms with Crippen LogP contribution in [0.2, 0.25) is 0 Å². The molecule has 1 heterocycles. The maximum atomic E-state index is 12.2. The zero-order valence-corrected chi connectivity index (χ0v) is 12.6. The Hall–Kier alpha value is -2.05. The topological polar surface area (TPSA) is 83.6 Å². The van der Waals surface area contributed by atoms with Gasteiger partial charge in [0.25, 0.3) is 0 Å². The highest BCUT2D eigenvalue weighted by Crippen LogP contribution is 2.43. The summed E-state index contributed by atoms with van der Waals surface area (Å²) in [5, 5.41) is 11.1. The highest BCUT2D eigenvalue weighted by molar-refractivity contribution is 7.99. The molecule has 1 fully saturated rings. The normalized spacial score (nSPS) is 21.2. The molecule has 22 heavy (non-hydrogen) atoms. The Bertz CT molecular complexity index is 729. The smallest absolute Gasteiger partial charge is 0.327 e. The standard InChI is InChI=1S/C16H16N2O3S/c17-8-14(19)18-13(16(20)21)9-22-15(18)12-7-3-5-10-4-1-2-6-11(10)12/h1-7,13,15H,8-9,17H2,(H,20,21)/t13-,15+/m0/s1. The predicted octanol–water partition coefficient (Wildman–Crippen LogP) is 1.83. The number of carboxylic acids is 1. The number of aliphatic carboxylic acids is 1. The zero-order chi connectivity index (χ0) is 15.7. The number of hydrogen-bond donors (Lipinski definition) is 2. The lowest BCUT2D eigenvalue weighted by molar-refractivity contribution is -0.148. The van der Waals surface area contributed by atoms with Crippen LogP contribution in [0.25, 0.3) is 10.8 Å². The summed E-state index contributed by atoms with van der Waals surface area (Å²) in [6.07, 6.45) is 0. The second-order valence-electron chi connectivity index (χ2n) is 5.11. The lowest BCUT2D eigenvalue weighted by Gasteiger charge is -2.28. The maximum absolute atomic E-state index is 12.2. The molecule has 1 amide bonds. The van der Waals surface area contributed by atoms with Gasteiger partial charge in [0, 0.05) is 5.75 Å². The molecule has 1 aliphatic heterocycles. The number of thioether (sulfide) groups is 1. The number of carbonyl (C=O) groups excluding carboxylic acids is 1. The predicted molar refractivity (Wildman–Crippen MR) is 86.5 cm³/mol. The summed E-state index contributed by atoms with van der Waals surface area (Å²) in [4.78, 5) is 25.0. The molecule has 0 unspecified atom stereocenters. The van der Waals surface area contributed by atoms with Crippen molar-refractivity contribution in [3.05, 3.63) is 48.0 Å². The van der Waals surface area contributed by atoms with E-state index in [0.717, 1.165) is 16.3 Å². The lowest BCUT2D eigenvalue weighted by atomic mass is 10.0. The van der Waals surface area contributed by atoms with Gasteiger partial charge in [-0.15, -0.1) is 11.8 Å². The van der Waals surface area contributed by atoms with Crippen LogP contribution < -0.4 is 5.73 Å². The van der Waals surface area contributed by atoms with E-state index in [2.05, 4.69) is 0 Å². The van der Waals surface area contributed by atoms with E-state index >= 15 is 0 Å². The Balaban J connectivity index is 2.09. The highest BCUT2D eigenvalue weighted by Gasteiger charge is 2.42. The lowest BCUT2D eigenvalue weighted by Crippen LogP contribution is -2.45. The van der Waals surface area contributed by atoms with Gasteiger partial charge in [0.15, 0.2) is 0 Å². The van der Waals surface area contributed by atoms with Crippen LogP contribution >= 0.6 is 11.8 Å². The van der Waals surface area contributed by atoms with Crippen LogP contribution in [-0.4, -0.2) is 40.2 Å². The average Bonchev–Trinajstić information content (AvgIpc) is 2.98. The van der Waals surface area contributed by atoms with Crippen molar-refractivity contribution in [1.29, 1.82) is 0 Å². The molecule has 1 aliphatic rings. The van der Waals surface area contributed by atoms with Crippen LogP contribution in [0, 0.1) is 0 Å². The molecule has 2 atom stereocenters. The van der Waals surface area contributed by atoms with Gasteiger partial charge >= 0.3 is 5.97 Å². The average molecular weight is 316 g/mol. The molecular weight excluding hydrogens is 300 g/mol. The van der Waals surface area contributed by atoms with Crippen molar-refractivity contribution < 1.29 is 14.7 Å². The van der Waals surface area contributed by atoms with Crippen molar-refractivity contribution in [2.75, 3.05) is 12.3 Å². The van der Waals surface area contributed by atoms with Crippen LogP contribution in [0.3, 0.4) is 0 Å². The van der Waals surface area contributed by atoms with Crippen molar-refractivity contribution in [2.24, 2.45) is 5.73 Å². The molecule has 2 aromatic carbocycles. The summed E-state index contributed by atoms with van der Waals surface area (Å²) >= 11 is 1.47. The Morgan fingerprint density at radius 3 is 2.68 bits per heavy atom. The molecule has 0 aliphatic carbocycles. The largest absolute Gasteiger partial charge is 0.480 e.